The van der Waals surface area contributed by atoms with Crippen molar-refractivity contribution in [3.63, 3.8) is 0 Å². The molecule has 1 saturated heterocycles. The smallest absolute Gasteiger partial charge is 0.352 e. The third-order valence-corrected chi connectivity index (χ3v) is 5.74. The maximum atomic E-state index is 12.4. The molecule has 0 spiro atoms. The van der Waals surface area contributed by atoms with Gasteiger partial charge in [-0.25, -0.2) is 9.78 Å². The van der Waals surface area contributed by atoms with Crippen LogP contribution in [0.4, 0.5) is 5.13 Å². The summed E-state index contributed by atoms with van der Waals surface area (Å²) in [6.45, 7) is 1.01. The Morgan fingerprint density at radius 3 is 2.78 bits per heavy atom. The van der Waals surface area contributed by atoms with Crippen LogP contribution in [-0.4, -0.2) is 66.9 Å². The van der Waals surface area contributed by atoms with Gasteiger partial charge in [-0.15, -0.1) is 11.8 Å². The number of aromatic nitrogens is 2. The van der Waals surface area contributed by atoms with Crippen molar-refractivity contribution in [3.8, 4) is 0 Å². The zero-order valence-corrected chi connectivity index (χ0v) is 15.6. The number of hydrogen-bond acceptors (Lipinski definition) is 10. The number of esters is 1. The summed E-state index contributed by atoms with van der Waals surface area (Å²) in [5.41, 5.74) is 5.59. The second kappa shape index (κ2) is 7.52. The Kier molecular flexibility index (Phi) is 5.32. The van der Waals surface area contributed by atoms with Crippen molar-refractivity contribution in [3.05, 3.63) is 17.1 Å². The van der Waals surface area contributed by atoms with Gasteiger partial charge in [0.2, 0.25) is 5.91 Å². The van der Waals surface area contributed by atoms with E-state index in [9.17, 15) is 24.3 Å². The number of carbonyl (C=O) groups excluding carboxylic acids is 3. The highest BCUT2D eigenvalue weighted by Gasteiger charge is 2.54. The molecule has 3 rings (SSSR count). The van der Waals surface area contributed by atoms with Crippen LogP contribution in [0.15, 0.2) is 11.3 Å². The van der Waals surface area contributed by atoms with E-state index >= 15 is 0 Å². The zero-order chi connectivity index (χ0) is 19.7. The van der Waals surface area contributed by atoms with E-state index < -0.39 is 35.2 Å². The number of amides is 2. The van der Waals surface area contributed by atoms with Crippen molar-refractivity contribution in [1.82, 2.24) is 19.6 Å². The van der Waals surface area contributed by atoms with E-state index in [1.165, 1.54) is 18.7 Å². The Bertz CT molecular complexity index is 853. The summed E-state index contributed by atoms with van der Waals surface area (Å²) >= 11 is 2.25. The summed E-state index contributed by atoms with van der Waals surface area (Å²) in [4.78, 5) is 52.1. The number of nitrogens with zero attached hydrogens (tertiary/aromatic N) is 3. The first-order valence-corrected chi connectivity index (χ1v) is 9.51. The minimum Gasteiger partial charge on any atom is -0.477 e. The SMILES string of the molecule is CC(=O)OCC1=C(C(=O)O)N2C(=O)C(NC(=O)Cc3nsc(N)n3)[C@@H]2SC1. The van der Waals surface area contributed by atoms with Crippen molar-refractivity contribution < 1.29 is 29.0 Å². The standard InChI is InChI=1S/C14H15N5O6S2/c1-5(20)25-3-6-4-26-12-9(11(22)19(12)10(6)13(23)24)17-8(21)2-7-16-14(15)27-18-7/h9,12H,2-4H2,1H3,(H,17,21)(H,23,24)(H2,15,16,18)/t9?,12-/m0/s1. The van der Waals surface area contributed by atoms with Crippen molar-refractivity contribution in [2.75, 3.05) is 18.1 Å². The molecule has 2 amide bonds. The monoisotopic (exact) mass is 413 g/mol. The number of carbonyl (C=O) groups is 4. The molecule has 144 valence electrons. The van der Waals surface area contributed by atoms with Gasteiger partial charge < -0.3 is 20.9 Å². The molecule has 4 N–H and O–H groups in total. The molecule has 1 aromatic heterocycles. The predicted octanol–water partition coefficient (Wildman–Crippen LogP) is -1.04. The van der Waals surface area contributed by atoms with Crippen molar-refractivity contribution in [1.29, 1.82) is 0 Å². The van der Waals surface area contributed by atoms with Crippen LogP contribution in [0.5, 0.6) is 0 Å². The molecule has 2 aliphatic heterocycles. The van der Waals surface area contributed by atoms with E-state index in [-0.39, 0.29) is 35.4 Å². The van der Waals surface area contributed by atoms with Gasteiger partial charge in [-0.2, -0.15) is 4.37 Å². The van der Waals surface area contributed by atoms with Crippen LogP contribution < -0.4 is 11.1 Å². The van der Waals surface area contributed by atoms with Gasteiger partial charge in [-0.1, -0.05) is 0 Å². The molecule has 11 nitrogen and oxygen atoms in total. The molecule has 0 saturated carbocycles. The maximum absolute atomic E-state index is 12.4. The fourth-order valence-electron chi connectivity index (χ4n) is 2.69. The van der Waals surface area contributed by atoms with Crippen LogP contribution in [0.1, 0.15) is 12.7 Å². The number of carboxylic acid groups (broad SMARTS) is 1. The summed E-state index contributed by atoms with van der Waals surface area (Å²) in [7, 11) is 0. The molecular formula is C14H15N5O6S2. The highest BCUT2D eigenvalue weighted by molar-refractivity contribution is 8.00. The van der Waals surface area contributed by atoms with Gasteiger partial charge in [0.25, 0.3) is 5.91 Å². The van der Waals surface area contributed by atoms with E-state index in [1.54, 1.807) is 0 Å². The maximum Gasteiger partial charge on any atom is 0.352 e. The molecule has 0 aliphatic carbocycles. The number of carboxylic acids is 1. The summed E-state index contributed by atoms with van der Waals surface area (Å²) in [6.07, 6.45) is -0.131. The predicted molar refractivity (Wildman–Crippen MR) is 94.3 cm³/mol. The molecule has 2 atom stereocenters. The number of fused-ring (bicyclic) bond motifs is 1. The molecule has 3 heterocycles. The molecule has 0 bridgehead atoms. The molecule has 1 unspecified atom stereocenters. The minimum absolute atomic E-state index is 0.131. The lowest BCUT2D eigenvalue weighted by molar-refractivity contribution is -0.151. The van der Waals surface area contributed by atoms with Crippen molar-refractivity contribution in [2.24, 2.45) is 0 Å². The number of nitrogens with one attached hydrogen (secondary N) is 1. The van der Waals surface area contributed by atoms with E-state index in [0.29, 0.717) is 5.57 Å². The van der Waals surface area contributed by atoms with Crippen LogP contribution in [-0.2, 0) is 30.3 Å². The summed E-state index contributed by atoms with van der Waals surface area (Å²) in [5, 5.41) is 11.7. The summed E-state index contributed by atoms with van der Waals surface area (Å²) < 4.78 is 8.76. The van der Waals surface area contributed by atoms with Crippen LogP contribution in [0.3, 0.4) is 0 Å². The quantitative estimate of drug-likeness (QED) is 0.387. The molecule has 0 radical (unpaired) electrons. The first-order chi connectivity index (χ1) is 12.8. The van der Waals surface area contributed by atoms with Gasteiger partial charge in [-0.3, -0.25) is 19.3 Å². The number of thioether (sulfide) groups is 1. The van der Waals surface area contributed by atoms with E-state index in [2.05, 4.69) is 14.7 Å². The van der Waals surface area contributed by atoms with Crippen LogP contribution in [0.2, 0.25) is 0 Å². The minimum atomic E-state index is -1.29. The number of hydrogen-bond donors (Lipinski definition) is 3. The number of ether oxygens (including phenoxy) is 1. The number of anilines is 1. The number of nitrogens with two attached hydrogens (primary N) is 1. The van der Waals surface area contributed by atoms with Gasteiger partial charge in [0, 0.05) is 29.8 Å². The Hall–Kier alpha value is -2.67. The highest BCUT2D eigenvalue weighted by Crippen LogP contribution is 2.40. The topological polar surface area (TPSA) is 165 Å². The summed E-state index contributed by atoms with van der Waals surface area (Å²) in [5.74, 6) is -2.31. The largest absolute Gasteiger partial charge is 0.477 e. The Morgan fingerprint density at radius 1 is 1.44 bits per heavy atom. The van der Waals surface area contributed by atoms with Gasteiger partial charge >= 0.3 is 11.9 Å². The van der Waals surface area contributed by atoms with Gasteiger partial charge in [0.15, 0.2) is 11.0 Å². The molecule has 13 heteroatoms. The Labute approximate surface area is 161 Å². The Morgan fingerprint density at radius 2 is 2.19 bits per heavy atom. The molecular weight excluding hydrogens is 398 g/mol. The lowest BCUT2D eigenvalue weighted by atomic mass is 10.0. The molecule has 1 aromatic rings. The number of β-lactam (4-membered cyclic amide) rings is 1. The molecule has 0 aromatic carbocycles. The lowest BCUT2D eigenvalue weighted by Gasteiger charge is -2.49. The zero-order valence-electron chi connectivity index (χ0n) is 14.0. The van der Waals surface area contributed by atoms with E-state index in [1.807, 2.05) is 0 Å². The lowest BCUT2D eigenvalue weighted by Crippen LogP contribution is -2.70. The highest BCUT2D eigenvalue weighted by atomic mass is 32.2. The average molecular weight is 413 g/mol. The normalized spacial score (nSPS) is 21.4. The fraction of sp³-hybridized carbons (Fsp3) is 0.429. The summed E-state index contributed by atoms with van der Waals surface area (Å²) in [6, 6.07) is -0.844. The van der Waals surface area contributed by atoms with Gasteiger partial charge in [0.1, 0.15) is 23.7 Å². The fourth-order valence-corrected chi connectivity index (χ4v) is 4.47. The Balaban J connectivity index is 1.68. The first-order valence-electron chi connectivity index (χ1n) is 7.68. The molecule has 2 aliphatic rings. The van der Waals surface area contributed by atoms with Crippen molar-refractivity contribution >= 4 is 52.2 Å². The number of rotatable bonds is 6. The second-order valence-electron chi connectivity index (χ2n) is 5.72. The van der Waals surface area contributed by atoms with E-state index in [0.717, 1.165) is 16.4 Å². The van der Waals surface area contributed by atoms with E-state index in [4.69, 9.17) is 10.5 Å². The van der Waals surface area contributed by atoms with Crippen LogP contribution in [0.25, 0.3) is 0 Å². The molecule has 1 fully saturated rings. The van der Waals surface area contributed by atoms with Crippen molar-refractivity contribution in [2.45, 2.75) is 24.8 Å². The van der Waals surface area contributed by atoms with Crippen LogP contribution in [0, 0.1) is 0 Å². The second-order valence-corrected chi connectivity index (χ2v) is 7.61. The van der Waals surface area contributed by atoms with Gasteiger partial charge in [0.05, 0.1) is 6.42 Å². The molecule has 27 heavy (non-hydrogen) atoms. The van der Waals surface area contributed by atoms with Gasteiger partial charge in [-0.05, 0) is 0 Å². The number of nitrogen functional groups attached to an aromatic ring is 1. The first kappa shape index (κ1) is 19.1. The number of aliphatic carboxylic acids is 1. The third-order valence-electron chi connectivity index (χ3n) is 3.82. The third kappa shape index (κ3) is 3.88. The van der Waals surface area contributed by atoms with Crippen LogP contribution >= 0.6 is 23.3 Å². The average Bonchev–Trinajstić information content (AvgIpc) is 3.01.